The lowest BCUT2D eigenvalue weighted by Gasteiger charge is -2.50. The van der Waals surface area contributed by atoms with E-state index in [9.17, 15) is 5.11 Å². The van der Waals surface area contributed by atoms with E-state index in [2.05, 4.69) is 40.7 Å². The second-order valence-corrected chi connectivity index (χ2v) is 7.00. The Hall–Kier alpha value is -0.300. The molecular formula is C15H26O. The molecule has 0 aromatic heterocycles. The molecule has 0 aromatic carbocycles. The number of aliphatic hydroxyl groups excluding tert-OH is 1. The number of aliphatic hydroxyl groups is 1. The lowest BCUT2D eigenvalue weighted by molar-refractivity contribution is -0.0296. The SMILES string of the molecule is CC(C)C1=CC(O)[C@H]2C(C)(C)CCCC12C. The van der Waals surface area contributed by atoms with Gasteiger partial charge in [0.15, 0.2) is 0 Å². The fourth-order valence-electron chi connectivity index (χ4n) is 4.57. The Labute approximate surface area is 99.9 Å². The van der Waals surface area contributed by atoms with Crippen LogP contribution in [0.15, 0.2) is 11.6 Å². The molecule has 0 amide bonds. The van der Waals surface area contributed by atoms with Gasteiger partial charge in [-0.05, 0) is 29.6 Å². The zero-order chi connectivity index (χ0) is 12.1. The Bertz CT molecular complexity index is 313. The van der Waals surface area contributed by atoms with E-state index >= 15 is 0 Å². The van der Waals surface area contributed by atoms with Crippen molar-refractivity contribution in [1.29, 1.82) is 0 Å². The molecule has 2 rings (SSSR count). The van der Waals surface area contributed by atoms with Crippen LogP contribution < -0.4 is 0 Å². The Morgan fingerprint density at radius 1 is 1.25 bits per heavy atom. The highest BCUT2D eigenvalue weighted by Gasteiger charge is 2.54. The molecule has 0 bridgehead atoms. The summed E-state index contributed by atoms with van der Waals surface area (Å²) in [5, 5.41) is 10.4. The van der Waals surface area contributed by atoms with Crippen molar-refractivity contribution in [3.63, 3.8) is 0 Å². The van der Waals surface area contributed by atoms with Crippen LogP contribution in [0.4, 0.5) is 0 Å². The van der Waals surface area contributed by atoms with Crippen molar-refractivity contribution >= 4 is 0 Å². The third-order valence-corrected chi connectivity index (χ3v) is 5.02. The van der Waals surface area contributed by atoms with E-state index in [1.54, 1.807) is 0 Å². The van der Waals surface area contributed by atoms with E-state index in [0.717, 1.165) is 0 Å². The molecule has 92 valence electrons. The van der Waals surface area contributed by atoms with E-state index in [1.807, 2.05) is 0 Å². The molecule has 0 radical (unpaired) electrons. The lowest BCUT2D eigenvalue weighted by Crippen LogP contribution is -2.45. The van der Waals surface area contributed by atoms with Gasteiger partial charge in [0.25, 0.3) is 0 Å². The van der Waals surface area contributed by atoms with Gasteiger partial charge in [0.05, 0.1) is 6.10 Å². The molecule has 1 fully saturated rings. The van der Waals surface area contributed by atoms with E-state index in [0.29, 0.717) is 11.8 Å². The molecule has 0 aromatic rings. The summed E-state index contributed by atoms with van der Waals surface area (Å²) >= 11 is 0. The minimum atomic E-state index is -0.224. The molecule has 2 unspecified atom stereocenters. The highest BCUT2D eigenvalue weighted by atomic mass is 16.3. The Morgan fingerprint density at radius 2 is 1.88 bits per heavy atom. The first-order valence-corrected chi connectivity index (χ1v) is 6.69. The van der Waals surface area contributed by atoms with Gasteiger partial charge >= 0.3 is 0 Å². The van der Waals surface area contributed by atoms with Crippen LogP contribution in [0, 0.1) is 22.7 Å². The predicted molar refractivity (Wildman–Crippen MR) is 68.2 cm³/mol. The number of allylic oxidation sites excluding steroid dienone is 1. The quantitative estimate of drug-likeness (QED) is 0.669. The molecule has 2 aliphatic carbocycles. The first kappa shape index (κ1) is 12.2. The van der Waals surface area contributed by atoms with Crippen LogP contribution in [0.3, 0.4) is 0 Å². The molecule has 1 N–H and O–H groups in total. The van der Waals surface area contributed by atoms with Crippen LogP contribution in [0.5, 0.6) is 0 Å². The third-order valence-electron chi connectivity index (χ3n) is 5.02. The highest BCUT2D eigenvalue weighted by Crippen LogP contribution is 2.60. The number of hydrogen-bond acceptors (Lipinski definition) is 1. The number of fused-ring (bicyclic) bond motifs is 1. The normalized spacial score (nSPS) is 42.1. The minimum Gasteiger partial charge on any atom is -0.389 e. The summed E-state index contributed by atoms with van der Waals surface area (Å²) in [6.07, 6.45) is 5.74. The molecule has 16 heavy (non-hydrogen) atoms. The van der Waals surface area contributed by atoms with Crippen molar-refractivity contribution in [2.45, 2.75) is 60.0 Å². The van der Waals surface area contributed by atoms with E-state index in [4.69, 9.17) is 0 Å². The van der Waals surface area contributed by atoms with Gasteiger partial charge < -0.3 is 5.11 Å². The fourth-order valence-corrected chi connectivity index (χ4v) is 4.57. The Balaban J connectivity index is 2.41. The topological polar surface area (TPSA) is 20.2 Å². The summed E-state index contributed by atoms with van der Waals surface area (Å²) in [5.41, 5.74) is 2.02. The maximum atomic E-state index is 10.4. The third kappa shape index (κ3) is 1.55. The highest BCUT2D eigenvalue weighted by molar-refractivity contribution is 5.29. The summed E-state index contributed by atoms with van der Waals surface area (Å²) in [7, 11) is 0. The Kier molecular flexibility index (Phi) is 2.73. The van der Waals surface area contributed by atoms with Crippen LogP contribution in [0.2, 0.25) is 0 Å². The maximum Gasteiger partial charge on any atom is 0.0765 e. The average Bonchev–Trinajstić information content (AvgIpc) is 2.38. The van der Waals surface area contributed by atoms with Crippen LogP contribution >= 0.6 is 0 Å². The number of rotatable bonds is 1. The zero-order valence-corrected chi connectivity index (χ0v) is 11.4. The molecule has 1 heteroatoms. The predicted octanol–water partition coefficient (Wildman–Crippen LogP) is 3.78. The van der Waals surface area contributed by atoms with Gasteiger partial charge in [0.1, 0.15) is 0 Å². The standard InChI is InChI=1S/C15H26O/c1-10(2)11-9-12(16)13-14(3,4)7-6-8-15(11,13)5/h9-10,12-13,16H,6-8H2,1-5H3/t12?,13-,15?/m0/s1. The molecule has 2 aliphatic rings. The van der Waals surface area contributed by atoms with Crippen molar-refractivity contribution in [2.24, 2.45) is 22.7 Å². The van der Waals surface area contributed by atoms with Gasteiger partial charge in [-0.2, -0.15) is 0 Å². The summed E-state index contributed by atoms with van der Waals surface area (Å²) in [5.74, 6) is 0.990. The largest absolute Gasteiger partial charge is 0.389 e. The van der Waals surface area contributed by atoms with Crippen LogP contribution in [-0.4, -0.2) is 11.2 Å². The summed E-state index contributed by atoms with van der Waals surface area (Å²) < 4.78 is 0. The molecule has 0 heterocycles. The van der Waals surface area contributed by atoms with Gasteiger partial charge in [-0.15, -0.1) is 0 Å². The van der Waals surface area contributed by atoms with E-state index < -0.39 is 0 Å². The Morgan fingerprint density at radius 3 is 2.44 bits per heavy atom. The van der Waals surface area contributed by atoms with Crippen molar-refractivity contribution in [3.05, 3.63) is 11.6 Å². The van der Waals surface area contributed by atoms with Crippen molar-refractivity contribution < 1.29 is 5.11 Å². The van der Waals surface area contributed by atoms with Crippen LogP contribution in [0.1, 0.15) is 53.9 Å². The molecule has 0 spiro atoms. The molecule has 3 atom stereocenters. The van der Waals surface area contributed by atoms with Crippen molar-refractivity contribution in [3.8, 4) is 0 Å². The monoisotopic (exact) mass is 222 g/mol. The maximum absolute atomic E-state index is 10.4. The van der Waals surface area contributed by atoms with Gasteiger partial charge in [0, 0.05) is 5.92 Å². The fraction of sp³-hybridized carbons (Fsp3) is 0.867. The first-order valence-electron chi connectivity index (χ1n) is 6.69. The molecule has 0 saturated heterocycles. The second kappa shape index (κ2) is 3.60. The summed E-state index contributed by atoms with van der Waals surface area (Å²) in [6, 6.07) is 0. The van der Waals surface area contributed by atoms with Crippen LogP contribution in [-0.2, 0) is 0 Å². The summed E-state index contributed by atoms with van der Waals surface area (Å²) in [6.45, 7) is 11.5. The van der Waals surface area contributed by atoms with Crippen molar-refractivity contribution in [1.82, 2.24) is 0 Å². The first-order chi connectivity index (χ1) is 7.29. The molecule has 1 nitrogen and oxygen atoms in total. The lowest BCUT2D eigenvalue weighted by atomic mass is 9.55. The van der Waals surface area contributed by atoms with Gasteiger partial charge in [-0.1, -0.05) is 52.7 Å². The van der Waals surface area contributed by atoms with E-state index in [1.165, 1.54) is 24.8 Å². The average molecular weight is 222 g/mol. The minimum absolute atomic E-state index is 0.224. The summed E-state index contributed by atoms with van der Waals surface area (Å²) in [4.78, 5) is 0. The van der Waals surface area contributed by atoms with Crippen LogP contribution in [0.25, 0.3) is 0 Å². The van der Waals surface area contributed by atoms with Gasteiger partial charge in [-0.3, -0.25) is 0 Å². The molecular weight excluding hydrogens is 196 g/mol. The van der Waals surface area contributed by atoms with E-state index in [-0.39, 0.29) is 16.9 Å². The smallest absolute Gasteiger partial charge is 0.0765 e. The zero-order valence-electron chi connectivity index (χ0n) is 11.4. The molecule has 0 aliphatic heterocycles. The number of hydrogen-bond donors (Lipinski definition) is 1. The van der Waals surface area contributed by atoms with Gasteiger partial charge in [0.2, 0.25) is 0 Å². The second-order valence-electron chi connectivity index (χ2n) is 7.00. The van der Waals surface area contributed by atoms with Gasteiger partial charge in [-0.25, -0.2) is 0 Å². The molecule has 1 saturated carbocycles. The van der Waals surface area contributed by atoms with Crippen molar-refractivity contribution in [2.75, 3.05) is 0 Å².